The van der Waals surface area contributed by atoms with Gasteiger partial charge in [0.2, 0.25) is 0 Å². The number of fused-ring (bicyclic) bond motifs is 1. The van der Waals surface area contributed by atoms with Crippen LogP contribution in [0.1, 0.15) is 11.1 Å². The molecule has 4 rings (SSSR count). The minimum absolute atomic E-state index is 0.00487. The van der Waals surface area contributed by atoms with Crippen LogP contribution in [0.25, 0.3) is 10.9 Å². The van der Waals surface area contributed by atoms with Gasteiger partial charge in [0, 0.05) is 61.6 Å². The summed E-state index contributed by atoms with van der Waals surface area (Å²) in [6, 6.07) is 15.8. The molecule has 2 aromatic carbocycles. The van der Waals surface area contributed by atoms with E-state index in [0.29, 0.717) is 26.2 Å². The van der Waals surface area contributed by atoms with Crippen LogP contribution in [0.3, 0.4) is 0 Å². The van der Waals surface area contributed by atoms with E-state index in [2.05, 4.69) is 16.0 Å². The first-order chi connectivity index (χ1) is 14.3. The van der Waals surface area contributed by atoms with Crippen molar-refractivity contribution in [3.8, 4) is 0 Å². The van der Waals surface area contributed by atoms with Gasteiger partial charge in [-0.1, -0.05) is 30.3 Å². The molecule has 1 saturated heterocycles. The minimum atomic E-state index is -5.62. The molecule has 3 aromatic rings. The smallest absolute Gasteiger partial charge is 0.368 e. The van der Waals surface area contributed by atoms with Crippen molar-refractivity contribution in [3.63, 3.8) is 0 Å². The van der Waals surface area contributed by atoms with Gasteiger partial charge in [-0.05, 0) is 23.8 Å². The van der Waals surface area contributed by atoms with E-state index in [0.717, 1.165) is 22.7 Å². The average Bonchev–Trinajstić information content (AvgIpc) is 2.73. The first-order valence-electron chi connectivity index (χ1n) is 9.52. The summed E-state index contributed by atoms with van der Waals surface area (Å²) in [6.07, 6.45) is -3.90. The molecule has 0 amide bonds. The van der Waals surface area contributed by atoms with Gasteiger partial charge in [0.15, 0.2) is 0 Å². The second-order valence-corrected chi connectivity index (χ2v) is 7.29. The summed E-state index contributed by atoms with van der Waals surface area (Å²) in [6.45, 7) is 2.36. The Balaban J connectivity index is 1.45. The van der Waals surface area contributed by atoms with Gasteiger partial charge in [-0.25, -0.2) is 0 Å². The zero-order valence-corrected chi connectivity index (χ0v) is 16.0. The van der Waals surface area contributed by atoms with Gasteiger partial charge < -0.3 is 4.90 Å². The lowest BCUT2D eigenvalue weighted by Gasteiger charge is -2.36. The number of piperazine rings is 1. The number of benzene rings is 2. The summed E-state index contributed by atoms with van der Waals surface area (Å²) in [5.74, 6) is -4.88. The van der Waals surface area contributed by atoms with Crippen molar-refractivity contribution in [3.05, 3.63) is 71.9 Å². The largest absolute Gasteiger partial charge is 0.458 e. The number of pyridine rings is 1. The summed E-state index contributed by atoms with van der Waals surface area (Å²) < 4.78 is 66.4. The fourth-order valence-corrected chi connectivity index (χ4v) is 3.68. The molecule has 0 saturated carbocycles. The molecule has 0 spiro atoms. The number of nitrogens with zero attached hydrogens (tertiary/aromatic N) is 3. The van der Waals surface area contributed by atoms with Crippen LogP contribution in [0.2, 0.25) is 0 Å². The normalized spacial score (nSPS) is 16.2. The second-order valence-electron chi connectivity index (χ2n) is 7.29. The van der Waals surface area contributed by atoms with Crippen molar-refractivity contribution >= 4 is 16.6 Å². The van der Waals surface area contributed by atoms with Crippen molar-refractivity contribution in [1.29, 1.82) is 0 Å². The molecule has 0 aliphatic carbocycles. The standard InChI is InChI=1S/C22H19F5N3/c23-21(24,22(25,26)27)19-6-2-1-4-17(19)15-29-10-12-30(13-11-29)18-8-7-16-5-3-9-28-20(16)14-18/h1-7,9,14H,10-13,15H2. The van der Waals surface area contributed by atoms with E-state index >= 15 is 0 Å². The number of alkyl halides is 5. The van der Waals surface area contributed by atoms with E-state index in [4.69, 9.17) is 0 Å². The van der Waals surface area contributed by atoms with Crippen molar-refractivity contribution in [2.75, 3.05) is 31.1 Å². The maximum atomic E-state index is 13.9. The van der Waals surface area contributed by atoms with Crippen molar-refractivity contribution < 1.29 is 22.0 Å². The fourth-order valence-electron chi connectivity index (χ4n) is 3.68. The number of aromatic nitrogens is 1. The van der Waals surface area contributed by atoms with Crippen molar-refractivity contribution in [2.45, 2.75) is 18.6 Å². The third-order valence-electron chi connectivity index (χ3n) is 5.34. The van der Waals surface area contributed by atoms with Gasteiger partial charge in [0.05, 0.1) is 5.52 Å². The van der Waals surface area contributed by atoms with Gasteiger partial charge in [-0.3, -0.25) is 9.88 Å². The number of halogens is 5. The maximum Gasteiger partial charge on any atom is 0.458 e. The lowest BCUT2D eigenvalue weighted by molar-refractivity contribution is -0.289. The quantitative estimate of drug-likeness (QED) is 0.553. The predicted molar refractivity (Wildman–Crippen MR) is 104 cm³/mol. The molecular formula is C22H19F5N3. The molecule has 30 heavy (non-hydrogen) atoms. The predicted octanol–water partition coefficient (Wildman–Crippen LogP) is 5.01. The summed E-state index contributed by atoms with van der Waals surface area (Å²) in [7, 11) is 0. The van der Waals surface area contributed by atoms with Crippen LogP contribution in [0.5, 0.6) is 0 Å². The highest BCUT2D eigenvalue weighted by molar-refractivity contribution is 5.81. The van der Waals surface area contributed by atoms with Crippen LogP contribution >= 0.6 is 0 Å². The van der Waals surface area contributed by atoms with Crippen molar-refractivity contribution in [2.24, 2.45) is 0 Å². The number of anilines is 1. The Kier molecular flexibility index (Phi) is 5.36. The third-order valence-corrected chi connectivity index (χ3v) is 5.34. The average molecular weight is 420 g/mol. The Labute approximate surface area is 170 Å². The molecule has 157 valence electrons. The van der Waals surface area contributed by atoms with E-state index < -0.39 is 17.7 Å². The minimum Gasteiger partial charge on any atom is -0.368 e. The molecule has 0 unspecified atom stereocenters. The number of hydrogen-bond acceptors (Lipinski definition) is 3. The monoisotopic (exact) mass is 420 g/mol. The summed E-state index contributed by atoms with van der Waals surface area (Å²) in [4.78, 5) is 8.34. The summed E-state index contributed by atoms with van der Waals surface area (Å²) >= 11 is 0. The molecule has 0 bridgehead atoms. The third kappa shape index (κ3) is 3.96. The van der Waals surface area contributed by atoms with E-state index in [-0.39, 0.29) is 12.1 Å². The van der Waals surface area contributed by atoms with Gasteiger partial charge in [-0.2, -0.15) is 22.0 Å². The molecule has 1 aromatic heterocycles. The lowest BCUT2D eigenvalue weighted by atomic mass is 10.0. The molecule has 1 radical (unpaired) electrons. The van der Waals surface area contributed by atoms with E-state index in [1.165, 1.54) is 18.2 Å². The Bertz CT molecular complexity index is 1030. The Morgan fingerprint density at radius 1 is 0.933 bits per heavy atom. The molecule has 3 nitrogen and oxygen atoms in total. The van der Waals surface area contributed by atoms with Crippen LogP contribution in [-0.2, 0) is 12.5 Å². The van der Waals surface area contributed by atoms with Crippen LogP contribution in [0.15, 0.2) is 54.7 Å². The molecule has 1 fully saturated rings. The highest BCUT2D eigenvalue weighted by atomic mass is 19.4. The molecule has 0 atom stereocenters. The molecule has 0 N–H and O–H groups in total. The number of rotatable bonds is 4. The molecular weight excluding hydrogens is 401 g/mol. The van der Waals surface area contributed by atoms with Gasteiger partial charge in [0.25, 0.3) is 0 Å². The van der Waals surface area contributed by atoms with Crippen molar-refractivity contribution in [1.82, 2.24) is 9.88 Å². The Morgan fingerprint density at radius 3 is 2.40 bits per heavy atom. The highest BCUT2D eigenvalue weighted by Crippen LogP contribution is 2.45. The lowest BCUT2D eigenvalue weighted by Crippen LogP contribution is -2.46. The zero-order valence-electron chi connectivity index (χ0n) is 16.0. The molecule has 8 heteroatoms. The first kappa shape index (κ1) is 20.5. The topological polar surface area (TPSA) is 19.4 Å². The zero-order chi connectivity index (χ0) is 21.4. The van der Waals surface area contributed by atoms with Gasteiger partial charge >= 0.3 is 12.1 Å². The van der Waals surface area contributed by atoms with Crippen LogP contribution in [0, 0.1) is 6.07 Å². The fraction of sp³-hybridized carbons (Fsp3) is 0.318. The van der Waals surface area contributed by atoms with E-state index in [1.54, 1.807) is 6.20 Å². The Morgan fingerprint density at radius 2 is 1.67 bits per heavy atom. The van der Waals surface area contributed by atoms with E-state index in [1.807, 2.05) is 29.2 Å². The van der Waals surface area contributed by atoms with Crippen LogP contribution in [0.4, 0.5) is 27.6 Å². The Hall–Kier alpha value is -2.74. The van der Waals surface area contributed by atoms with E-state index in [9.17, 15) is 22.0 Å². The highest BCUT2D eigenvalue weighted by Gasteiger charge is 2.59. The molecule has 2 heterocycles. The van der Waals surface area contributed by atoms with Crippen LogP contribution in [-0.4, -0.2) is 42.2 Å². The first-order valence-corrected chi connectivity index (χ1v) is 9.52. The van der Waals surface area contributed by atoms with Crippen LogP contribution < -0.4 is 4.90 Å². The second kappa shape index (κ2) is 7.83. The molecule has 1 aliphatic rings. The summed E-state index contributed by atoms with van der Waals surface area (Å²) in [5, 5.41) is 0.988. The number of hydrogen-bond donors (Lipinski definition) is 0. The van der Waals surface area contributed by atoms with Gasteiger partial charge in [0.1, 0.15) is 0 Å². The summed E-state index contributed by atoms with van der Waals surface area (Å²) in [5.41, 5.74) is 0.769. The molecule has 1 aliphatic heterocycles. The van der Waals surface area contributed by atoms with Gasteiger partial charge in [-0.15, -0.1) is 0 Å². The SMILES string of the molecule is FC(F)(F)C(F)(F)c1ccccc1CN1CCN(c2[c]cc3cccnc3c2)CC1. The maximum absolute atomic E-state index is 13.9.